The molecule has 104 valence electrons. The summed E-state index contributed by atoms with van der Waals surface area (Å²) in [5.41, 5.74) is 0. The van der Waals surface area contributed by atoms with E-state index >= 15 is 0 Å². The van der Waals surface area contributed by atoms with E-state index < -0.39 is 5.97 Å². The van der Waals surface area contributed by atoms with E-state index in [9.17, 15) is 9.59 Å². The molecule has 5 heteroatoms. The van der Waals surface area contributed by atoms with Crippen molar-refractivity contribution in [3.63, 3.8) is 0 Å². The molecule has 2 N–H and O–H groups in total. The van der Waals surface area contributed by atoms with Crippen LogP contribution in [0.25, 0.3) is 0 Å². The zero-order chi connectivity index (χ0) is 13.7. The van der Waals surface area contributed by atoms with Gasteiger partial charge in [0.2, 0.25) is 5.91 Å². The van der Waals surface area contributed by atoms with Gasteiger partial charge >= 0.3 is 5.97 Å². The van der Waals surface area contributed by atoms with Crippen molar-refractivity contribution in [2.75, 3.05) is 19.6 Å². The lowest BCUT2D eigenvalue weighted by Gasteiger charge is -2.32. The van der Waals surface area contributed by atoms with Crippen molar-refractivity contribution in [2.45, 2.75) is 39.7 Å². The fourth-order valence-electron chi connectivity index (χ4n) is 2.45. The van der Waals surface area contributed by atoms with Gasteiger partial charge in [-0.2, -0.15) is 0 Å². The maximum atomic E-state index is 12.3. The highest BCUT2D eigenvalue weighted by Gasteiger charge is 2.29. The van der Waals surface area contributed by atoms with Gasteiger partial charge < -0.3 is 15.3 Å². The number of carboxylic acid groups (broad SMARTS) is 1. The van der Waals surface area contributed by atoms with Crippen LogP contribution in [-0.2, 0) is 9.59 Å². The average Bonchev–Trinajstić information content (AvgIpc) is 2.26. The molecule has 0 saturated carbocycles. The number of hydrogen-bond acceptors (Lipinski definition) is 3. The largest absolute Gasteiger partial charge is 0.480 e. The van der Waals surface area contributed by atoms with Gasteiger partial charge in [-0.1, -0.05) is 13.8 Å². The molecule has 0 aliphatic carbocycles. The van der Waals surface area contributed by atoms with E-state index in [4.69, 9.17) is 5.11 Å². The SMILES string of the molecule is CC(C)CN(CC(=O)O)C(=O)C1CCNC(C)C1. The lowest BCUT2D eigenvalue weighted by molar-refractivity contribution is -0.147. The van der Waals surface area contributed by atoms with Crippen LogP contribution in [0.4, 0.5) is 0 Å². The standard InChI is InChI=1S/C13H24N2O3/c1-9(2)7-15(8-12(16)17)13(18)11-4-5-14-10(3)6-11/h9-11,14H,4-8H2,1-3H3,(H,16,17). The van der Waals surface area contributed by atoms with Gasteiger partial charge in [0.25, 0.3) is 0 Å². The normalized spacial score (nSPS) is 24.0. The molecule has 5 nitrogen and oxygen atoms in total. The van der Waals surface area contributed by atoms with E-state index in [2.05, 4.69) is 12.2 Å². The molecule has 0 aromatic carbocycles. The number of nitrogens with zero attached hydrogens (tertiary/aromatic N) is 1. The Bertz CT molecular complexity index is 305. The van der Waals surface area contributed by atoms with Crippen LogP contribution in [0.3, 0.4) is 0 Å². The summed E-state index contributed by atoms with van der Waals surface area (Å²) in [6, 6.07) is 0.332. The molecule has 2 unspecified atom stereocenters. The summed E-state index contributed by atoms with van der Waals surface area (Å²) in [6.45, 7) is 7.21. The van der Waals surface area contributed by atoms with E-state index in [0.717, 1.165) is 19.4 Å². The lowest BCUT2D eigenvalue weighted by Crippen LogP contribution is -2.46. The molecule has 0 bridgehead atoms. The molecule has 0 aromatic heterocycles. The van der Waals surface area contributed by atoms with Gasteiger partial charge in [-0.3, -0.25) is 9.59 Å². The smallest absolute Gasteiger partial charge is 0.323 e. The van der Waals surface area contributed by atoms with E-state index in [1.807, 2.05) is 13.8 Å². The third-order valence-corrected chi connectivity index (χ3v) is 3.20. The number of carbonyl (C=O) groups is 2. The van der Waals surface area contributed by atoms with Gasteiger partial charge in [-0.05, 0) is 32.2 Å². The molecule has 0 aromatic rings. The molecule has 0 spiro atoms. The highest BCUT2D eigenvalue weighted by atomic mass is 16.4. The van der Waals surface area contributed by atoms with Crippen molar-refractivity contribution >= 4 is 11.9 Å². The van der Waals surface area contributed by atoms with Gasteiger partial charge in [0, 0.05) is 18.5 Å². The second-order valence-electron chi connectivity index (χ2n) is 5.58. The van der Waals surface area contributed by atoms with Crippen LogP contribution in [0.5, 0.6) is 0 Å². The molecule has 1 fully saturated rings. The first-order valence-corrected chi connectivity index (χ1v) is 6.64. The van der Waals surface area contributed by atoms with E-state index in [0.29, 0.717) is 12.6 Å². The molecule has 1 saturated heterocycles. The van der Waals surface area contributed by atoms with Crippen molar-refractivity contribution in [1.82, 2.24) is 10.2 Å². The predicted octanol–water partition coefficient (Wildman–Crippen LogP) is 0.944. The van der Waals surface area contributed by atoms with Crippen molar-refractivity contribution in [3.05, 3.63) is 0 Å². The van der Waals surface area contributed by atoms with Gasteiger partial charge in [-0.15, -0.1) is 0 Å². The fourth-order valence-corrected chi connectivity index (χ4v) is 2.45. The summed E-state index contributed by atoms with van der Waals surface area (Å²) in [7, 11) is 0. The third kappa shape index (κ3) is 4.64. The van der Waals surface area contributed by atoms with Crippen LogP contribution >= 0.6 is 0 Å². The summed E-state index contributed by atoms with van der Waals surface area (Å²) < 4.78 is 0. The highest BCUT2D eigenvalue weighted by molar-refractivity contribution is 5.83. The number of nitrogens with one attached hydrogen (secondary N) is 1. The summed E-state index contributed by atoms with van der Waals surface area (Å²) in [6.07, 6.45) is 1.60. The average molecular weight is 256 g/mol. The molecule has 2 atom stereocenters. The number of carboxylic acids is 1. The third-order valence-electron chi connectivity index (χ3n) is 3.20. The number of rotatable bonds is 5. The Kier molecular flexibility index (Phi) is 5.59. The summed E-state index contributed by atoms with van der Waals surface area (Å²) in [5, 5.41) is 12.2. The minimum atomic E-state index is -0.939. The molecule has 0 radical (unpaired) electrons. The minimum Gasteiger partial charge on any atom is -0.480 e. The van der Waals surface area contributed by atoms with Gasteiger partial charge in [0.15, 0.2) is 0 Å². The summed E-state index contributed by atoms with van der Waals surface area (Å²) >= 11 is 0. The molecule has 1 amide bonds. The lowest BCUT2D eigenvalue weighted by atomic mass is 9.91. The molecular weight excluding hydrogens is 232 g/mol. The minimum absolute atomic E-state index is 0.000509. The zero-order valence-electron chi connectivity index (χ0n) is 11.5. The van der Waals surface area contributed by atoms with Crippen molar-refractivity contribution in [1.29, 1.82) is 0 Å². The predicted molar refractivity (Wildman–Crippen MR) is 69.2 cm³/mol. The van der Waals surface area contributed by atoms with Crippen LogP contribution in [-0.4, -0.2) is 47.6 Å². The first-order valence-electron chi connectivity index (χ1n) is 6.64. The van der Waals surface area contributed by atoms with Gasteiger partial charge in [0.1, 0.15) is 6.54 Å². The first-order chi connectivity index (χ1) is 8.40. The Labute approximate surface area is 109 Å². The first kappa shape index (κ1) is 15.0. The van der Waals surface area contributed by atoms with E-state index in [-0.39, 0.29) is 24.3 Å². The fraction of sp³-hybridized carbons (Fsp3) is 0.846. The molecule has 1 rings (SSSR count). The number of hydrogen-bond donors (Lipinski definition) is 2. The van der Waals surface area contributed by atoms with Crippen LogP contribution < -0.4 is 5.32 Å². The topological polar surface area (TPSA) is 69.6 Å². The van der Waals surface area contributed by atoms with Crippen molar-refractivity contribution in [3.8, 4) is 0 Å². The Morgan fingerprint density at radius 1 is 1.44 bits per heavy atom. The van der Waals surface area contributed by atoms with Crippen LogP contribution in [0.1, 0.15) is 33.6 Å². The Morgan fingerprint density at radius 2 is 2.11 bits per heavy atom. The highest BCUT2D eigenvalue weighted by Crippen LogP contribution is 2.19. The summed E-state index contributed by atoms with van der Waals surface area (Å²) in [4.78, 5) is 24.7. The quantitative estimate of drug-likeness (QED) is 0.768. The van der Waals surface area contributed by atoms with Gasteiger partial charge in [0.05, 0.1) is 0 Å². The monoisotopic (exact) mass is 256 g/mol. The number of piperidine rings is 1. The Hall–Kier alpha value is -1.10. The molecule has 18 heavy (non-hydrogen) atoms. The molecule has 1 aliphatic heterocycles. The van der Waals surface area contributed by atoms with Crippen LogP contribution in [0, 0.1) is 11.8 Å². The second kappa shape index (κ2) is 6.73. The number of amides is 1. The second-order valence-corrected chi connectivity index (χ2v) is 5.58. The number of aliphatic carboxylic acids is 1. The zero-order valence-corrected chi connectivity index (χ0v) is 11.5. The number of carbonyl (C=O) groups excluding carboxylic acids is 1. The summed E-state index contributed by atoms with van der Waals surface area (Å²) in [5.74, 6) is -0.683. The maximum absolute atomic E-state index is 12.3. The van der Waals surface area contributed by atoms with E-state index in [1.165, 1.54) is 4.90 Å². The van der Waals surface area contributed by atoms with Gasteiger partial charge in [-0.25, -0.2) is 0 Å². The molecule has 1 aliphatic rings. The van der Waals surface area contributed by atoms with Crippen LogP contribution in [0.15, 0.2) is 0 Å². The molecular formula is C13H24N2O3. The van der Waals surface area contributed by atoms with Crippen LogP contribution in [0.2, 0.25) is 0 Å². The Morgan fingerprint density at radius 3 is 2.61 bits per heavy atom. The Balaban J connectivity index is 2.64. The maximum Gasteiger partial charge on any atom is 0.323 e. The van der Waals surface area contributed by atoms with E-state index in [1.54, 1.807) is 0 Å². The van der Waals surface area contributed by atoms with Crippen molar-refractivity contribution in [2.24, 2.45) is 11.8 Å². The van der Waals surface area contributed by atoms with Crippen molar-refractivity contribution < 1.29 is 14.7 Å². The molecule has 1 heterocycles.